The molecule has 0 aromatic rings. The van der Waals surface area contributed by atoms with Gasteiger partial charge >= 0.3 is 12.1 Å². The number of rotatable bonds is 2. The van der Waals surface area contributed by atoms with Crippen molar-refractivity contribution in [1.29, 1.82) is 0 Å². The van der Waals surface area contributed by atoms with E-state index in [4.69, 9.17) is 9.84 Å². The van der Waals surface area contributed by atoms with Crippen LogP contribution in [0.5, 0.6) is 0 Å². The summed E-state index contributed by atoms with van der Waals surface area (Å²) in [6, 6.07) is 0.0901. The predicted octanol–water partition coefficient (Wildman–Crippen LogP) is 0.692. The fourth-order valence-corrected chi connectivity index (χ4v) is 2.35. The fourth-order valence-electron chi connectivity index (χ4n) is 2.35. The quantitative estimate of drug-likeness (QED) is 0.710. The van der Waals surface area contributed by atoms with Crippen LogP contribution in [0.25, 0.3) is 0 Å². The molecule has 78 valence electrons. The van der Waals surface area contributed by atoms with Crippen LogP contribution in [0.3, 0.4) is 0 Å². The maximum absolute atomic E-state index is 11.3. The van der Waals surface area contributed by atoms with Crippen molar-refractivity contribution in [2.75, 3.05) is 13.2 Å². The summed E-state index contributed by atoms with van der Waals surface area (Å²) < 4.78 is 4.93. The summed E-state index contributed by atoms with van der Waals surface area (Å²) in [4.78, 5) is 23.2. The number of carboxylic acids is 1. The fraction of sp³-hybridized carbons (Fsp3) is 0.778. The van der Waals surface area contributed by atoms with Gasteiger partial charge in [0.25, 0.3) is 0 Å². The van der Waals surface area contributed by atoms with Gasteiger partial charge < -0.3 is 9.84 Å². The molecule has 2 atom stereocenters. The second-order valence-electron chi connectivity index (χ2n) is 3.86. The van der Waals surface area contributed by atoms with E-state index < -0.39 is 12.1 Å². The zero-order chi connectivity index (χ0) is 10.1. The SMILES string of the molecule is O=C(O)CN1C(=O)OCC2CCCC21. The smallest absolute Gasteiger partial charge is 0.410 e. The highest BCUT2D eigenvalue weighted by Crippen LogP contribution is 2.33. The van der Waals surface area contributed by atoms with Crippen LogP contribution < -0.4 is 0 Å². The van der Waals surface area contributed by atoms with Crippen LogP contribution in [0.2, 0.25) is 0 Å². The number of aliphatic carboxylic acids is 1. The van der Waals surface area contributed by atoms with Gasteiger partial charge in [-0.1, -0.05) is 6.42 Å². The van der Waals surface area contributed by atoms with Crippen LogP contribution in [0.15, 0.2) is 0 Å². The minimum atomic E-state index is -0.977. The number of hydrogen-bond acceptors (Lipinski definition) is 3. The minimum absolute atomic E-state index is 0.0901. The van der Waals surface area contributed by atoms with E-state index in [1.807, 2.05) is 0 Å². The van der Waals surface area contributed by atoms with E-state index in [-0.39, 0.29) is 12.6 Å². The third kappa shape index (κ3) is 1.54. The molecule has 5 nitrogen and oxygen atoms in total. The highest BCUT2D eigenvalue weighted by atomic mass is 16.6. The molecule has 0 aromatic heterocycles. The largest absolute Gasteiger partial charge is 0.480 e. The standard InChI is InChI=1S/C9H13NO4/c11-8(12)4-10-7-3-1-2-6(7)5-14-9(10)13/h6-7H,1-5H2,(H,11,12). The van der Waals surface area contributed by atoms with E-state index in [1.54, 1.807) is 0 Å². The van der Waals surface area contributed by atoms with Crippen LogP contribution in [-0.4, -0.2) is 41.3 Å². The van der Waals surface area contributed by atoms with Crippen molar-refractivity contribution in [1.82, 2.24) is 4.90 Å². The zero-order valence-electron chi connectivity index (χ0n) is 7.81. The van der Waals surface area contributed by atoms with Gasteiger partial charge in [-0.05, 0) is 12.8 Å². The Hall–Kier alpha value is -1.26. The number of nitrogens with zero attached hydrogens (tertiary/aromatic N) is 1. The Kier molecular flexibility index (Phi) is 2.31. The Morgan fingerprint density at radius 1 is 1.57 bits per heavy atom. The average Bonchev–Trinajstić information content (AvgIpc) is 2.57. The Bertz CT molecular complexity index is 266. The van der Waals surface area contributed by atoms with Crippen LogP contribution >= 0.6 is 0 Å². The van der Waals surface area contributed by atoms with Crippen molar-refractivity contribution in [2.24, 2.45) is 5.92 Å². The van der Waals surface area contributed by atoms with Crippen LogP contribution in [0.4, 0.5) is 4.79 Å². The summed E-state index contributed by atoms with van der Waals surface area (Å²) in [5, 5.41) is 8.65. The molecule has 0 spiro atoms. The molecule has 1 amide bonds. The average molecular weight is 199 g/mol. The van der Waals surface area contributed by atoms with Gasteiger partial charge in [-0.25, -0.2) is 4.79 Å². The summed E-state index contributed by atoms with van der Waals surface area (Å²) in [7, 11) is 0. The van der Waals surface area contributed by atoms with E-state index >= 15 is 0 Å². The topological polar surface area (TPSA) is 66.8 Å². The van der Waals surface area contributed by atoms with Gasteiger partial charge in [0.1, 0.15) is 6.54 Å². The third-order valence-electron chi connectivity index (χ3n) is 2.98. The minimum Gasteiger partial charge on any atom is -0.480 e. The summed E-state index contributed by atoms with van der Waals surface area (Å²) in [5.41, 5.74) is 0. The molecular weight excluding hydrogens is 186 g/mol. The van der Waals surface area contributed by atoms with E-state index in [1.165, 1.54) is 4.90 Å². The molecule has 0 radical (unpaired) electrons. The summed E-state index contributed by atoms with van der Waals surface area (Å²) in [5.74, 6) is -0.637. The molecule has 1 saturated heterocycles. The van der Waals surface area contributed by atoms with E-state index in [0.29, 0.717) is 12.5 Å². The molecule has 1 N–H and O–H groups in total. The first-order chi connectivity index (χ1) is 6.68. The number of carbonyl (C=O) groups excluding carboxylic acids is 1. The van der Waals surface area contributed by atoms with Gasteiger partial charge in [0, 0.05) is 12.0 Å². The lowest BCUT2D eigenvalue weighted by Gasteiger charge is -2.35. The lowest BCUT2D eigenvalue weighted by atomic mass is 10.0. The lowest BCUT2D eigenvalue weighted by molar-refractivity contribution is -0.139. The third-order valence-corrected chi connectivity index (χ3v) is 2.98. The number of carbonyl (C=O) groups is 2. The molecule has 1 saturated carbocycles. The number of amides is 1. The van der Waals surface area contributed by atoms with Crippen molar-refractivity contribution < 1.29 is 19.4 Å². The van der Waals surface area contributed by atoms with Crippen molar-refractivity contribution in [2.45, 2.75) is 25.3 Å². The van der Waals surface area contributed by atoms with Crippen molar-refractivity contribution in [3.8, 4) is 0 Å². The Morgan fingerprint density at radius 3 is 3.07 bits per heavy atom. The monoisotopic (exact) mass is 199 g/mol. The summed E-state index contributed by atoms with van der Waals surface area (Å²) >= 11 is 0. The van der Waals surface area contributed by atoms with E-state index in [2.05, 4.69) is 0 Å². The van der Waals surface area contributed by atoms with Crippen LogP contribution in [0.1, 0.15) is 19.3 Å². The van der Waals surface area contributed by atoms with Crippen molar-refractivity contribution >= 4 is 12.1 Å². The van der Waals surface area contributed by atoms with Gasteiger partial charge in [-0.15, -0.1) is 0 Å². The van der Waals surface area contributed by atoms with Gasteiger partial charge in [-0.2, -0.15) is 0 Å². The van der Waals surface area contributed by atoms with Crippen molar-refractivity contribution in [3.63, 3.8) is 0 Å². The molecule has 2 aliphatic rings. The molecule has 1 aliphatic heterocycles. The first-order valence-corrected chi connectivity index (χ1v) is 4.83. The Balaban J connectivity index is 2.09. The Morgan fingerprint density at radius 2 is 2.36 bits per heavy atom. The molecule has 0 bridgehead atoms. The molecule has 1 aliphatic carbocycles. The maximum atomic E-state index is 11.3. The molecule has 0 aromatic carbocycles. The summed E-state index contributed by atoms with van der Waals surface area (Å²) in [6.45, 7) is 0.222. The molecule has 14 heavy (non-hydrogen) atoms. The number of ether oxygens (including phenoxy) is 1. The van der Waals surface area contributed by atoms with Crippen LogP contribution in [-0.2, 0) is 9.53 Å². The highest BCUT2D eigenvalue weighted by molar-refractivity contribution is 5.77. The Labute approximate surface area is 81.6 Å². The van der Waals surface area contributed by atoms with Gasteiger partial charge in [0.2, 0.25) is 0 Å². The first-order valence-electron chi connectivity index (χ1n) is 4.83. The number of hydrogen-bond donors (Lipinski definition) is 1. The maximum Gasteiger partial charge on any atom is 0.410 e. The molecule has 1 heterocycles. The lowest BCUT2D eigenvalue weighted by Crippen LogP contribution is -2.50. The van der Waals surface area contributed by atoms with E-state index in [0.717, 1.165) is 19.3 Å². The molecular formula is C9H13NO4. The van der Waals surface area contributed by atoms with Crippen LogP contribution in [0, 0.1) is 5.92 Å². The molecule has 2 unspecified atom stereocenters. The van der Waals surface area contributed by atoms with Crippen molar-refractivity contribution in [3.05, 3.63) is 0 Å². The molecule has 5 heteroatoms. The number of cyclic esters (lactones) is 1. The second-order valence-corrected chi connectivity index (χ2v) is 3.86. The van der Waals surface area contributed by atoms with E-state index in [9.17, 15) is 9.59 Å². The second kappa shape index (κ2) is 3.48. The molecule has 2 fully saturated rings. The first kappa shape index (κ1) is 9.30. The summed E-state index contributed by atoms with van der Waals surface area (Å²) in [6.07, 6.45) is 2.53. The number of carboxylic acid groups (broad SMARTS) is 1. The van der Waals surface area contributed by atoms with Gasteiger partial charge in [0.15, 0.2) is 0 Å². The van der Waals surface area contributed by atoms with Gasteiger partial charge in [0.05, 0.1) is 6.61 Å². The van der Waals surface area contributed by atoms with Gasteiger partial charge in [-0.3, -0.25) is 9.69 Å². The molecule has 2 rings (SSSR count). The highest BCUT2D eigenvalue weighted by Gasteiger charge is 2.40. The normalized spacial score (nSPS) is 31.1. The predicted molar refractivity (Wildman–Crippen MR) is 46.8 cm³/mol. The number of fused-ring (bicyclic) bond motifs is 1. The zero-order valence-corrected chi connectivity index (χ0v) is 7.81.